The largest absolute Gasteiger partial charge is 0.311 e. The number of benzene rings is 8. The molecule has 0 bridgehead atoms. The molecule has 0 aliphatic rings. The molecule has 0 saturated carbocycles. The maximum absolute atomic E-state index is 10.1. The van der Waals surface area contributed by atoms with Crippen LogP contribution in [0, 0.1) is 17.9 Å². The van der Waals surface area contributed by atoms with Crippen LogP contribution in [-0.4, -0.2) is 0 Å². The van der Waals surface area contributed by atoms with Crippen molar-refractivity contribution in [2.75, 3.05) is 9.80 Å². The molecule has 0 N–H and O–H groups in total. The van der Waals surface area contributed by atoms with Gasteiger partial charge in [0, 0.05) is 34.1 Å². The van der Waals surface area contributed by atoms with Gasteiger partial charge in [-0.3, -0.25) is 0 Å². The molecule has 0 heterocycles. The number of hydrogen-bond acceptors (Lipinski definition) is 3. The van der Waals surface area contributed by atoms with E-state index in [9.17, 15) is 5.26 Å². The van der Waals surface area contributed by atoms with Crippen molar-refractivity contribution in [3.8, 4) is 6.07 Å². The first-order valence-electron chi connectivity index (χ1n) is 19.8. The standard InChI is InChI=1S/C56H40N4/c1-58-56-41-46(25-23-44-30-38-55(39-31-44)60(52-18-10-4-11-19-52)53-20-12-5-13-21-53)27-33-48(56)35-34-47-32-26-45(40-49(47)42-57)24-22-43-28-36-54(37-29-43)59(50-14-6-2-7-15-50)51-16-8-3-9-17-51/h2-41H/b24-22+,25-23+,35-34+. The van der Waals surface area contributed by atoms with Gasteiger partial charge in [0.2, 0.25) is 0 Å². The first-order valence-corrected chi connectivity index (χ1v) is 19.8. The zero-order chi connectivity index (χ0) is 40.9. The van der Waals surface area contributed by atoms with E-state index >= 15 is 0 Å². The number of nitrogens with zero attached hydrogens (tertiary/aromatic N) is 4. The Balaban J connectivity index is 0.937. The maximum Gasteiger partial charge on any atom is 0.194 e. The van der Waals surface area contributed by atoms with Crippen molar-refractivity contribution in [2.24, 2.45) is 0 Å². The first-order chi connectivity index (χ1) is 29.6. The average Bonchev–Trinajstić information content (AvgIpc) is 3.32. The molecule has 0 aliphatic carbocycles. The second-order valence-electron chi connectivity index (χ2n) is 14.1. The van der Waals surface area contributed by atoms with Gasteiger partial charge in [-0.2, -0.15) is 5.26 Å². The van der Waals surface area contributed by atoms with E-state index in [-0.39, 0.29) is 0 Å². The summed E-state index contributed by atoms with van der Waals surface area (Å²) >= 11 is 0. The Bertz CT molecular complexity index is 2570. The van der Waals surface area contributed by atoms with Crippen molar-refractivity contribution in [1.29, 1.82) is 5.26 Å². The van der Waals surface area contributed by atoms with Gasteiger partial charge in [-0.05, 0) is 118 Å². The van der Waals surface area contributed by atoms with Crippen LogP contribution in [0.4, 0.5) is 39.8 Å². The quantitative estimate of drug-likeness (QED) is 0.0917. The van der Waals surface area contributed by atoms with Gasteiger partial charge in [-0.15, -0.1) is 0 Å². The number of rotatable bonds is 12. The van der Waals surface area contributed by atoms with Crippen LogP contribution in [0.2, 0.25) is 0 Å². The molecule has 0 fully saturated rings. The molecule has 0 spiro atoms. The van der Waals surface area contributed by atoms with Crippen molar-refractivity contribution < 1.29 is 0 Å². The number of anilines is 6. The molecular weight excluding hydrogens is 729 g/mol. The van der Waals surface area contributed by atoms with Crippen LogP contribution in [-0.2, 0) is 0 Å². The number of nitriles is 1. The number of hydrogen-bond donors (Lipinski definition) is 0. The molecule has 8 rings (SSSR count). The van der Waals surface area contributed by atoms with Crippen LogP contribution < -0.4 is 9.80 Å². The normalized spacial score (nSPS) is 11.1. The van der Waals surface area contributed by atoms with E-state index in [1.807, 2.05) is 109 Å². The van der Waals surface area contributed by atoms with Crippen LogP contribution >= 0.6 is 0 Å². The van der Waals surface area contributed by atoms with Crippen LogP contribution in [0.15, 0.2) is 206 Å². The van der Waals surface area contributed by atoms with Crippen molar-refractivity contribution in [3.63, 3.8) is 0 Å². The summed E-state index contributed by atoms with van der Waals surface area (Å²) in [5, 5.41) is 10.1. The summed E-state index contributed by atoms with van der Waals surface area (Å²) in [5.41, 5.74) is 13.2. The Morgan fingerprint density at radius 1 is 0.367 bits per heavy atom. The molecule has 0 aromatic heterocycles. The van der Waals surface area contributed by atoms with Gasteiger partial charge in [0.15, 0.2) is 5.69 Å². The highest BCUT2D eigenvalue weighted by atomic mass is 15.1. The third-order valence-electron chi connectivity index (χ3n) is 10.1. The van der Waals surface area contributed by atoms with Crippen molar-refractivity contribution in [1.82, 2.24) is 0 Å². The Hall–Kier alpha value is -8.44. The fourth-order valence-electron chi connectivity index (χ4n) is 7.06. The van der Waals surface area contributed by atoms with E-state index in [0.717, 1.165) is 67.5 Å². The summed E-state index contributed by atoms with van der Waals surface area (Å²) in [5.74, 6) is 0. The van der Waals surface area contributed by atoms with Crippen LogP contribution in [0.5, 0.6) is 0 Å². The molecular formula is C56H40N4. The summed E-state index contributed by atoms with van der Waals surface area (Å²) in [6.45, 7) is 7.90. The Labute approximate surface area is 352 Å². The van der Waals surface area contributed by atoms with Crippen LogP contribution in [0.3, 0.4) is 0 Å². The molecule has 8 aromatic rings. The molecule has 0 atom stereocenters. The minimum Gasteiger partial charge on any atom is -0.311 e. The summed E-state index contributed by atoms with van der Waals surface area (Å²) in [6.07, 6.45) is 12.0. The van der Waals surface area contributed by atoms with E-state index in [4.69, 9.17) is 6.57 Å². The Morgan fingerprint density at radius 3 is 1.10 bits per heavy atom. The minimum atomic E-state index is 0.546. The smallest absolute Gasteiger partial charge is 0.194 e. The van der Waals surface area contributed by atoms with Gasteiger partial charge in [-0.25, -0.2) is 4.85 Å². The molecule has 60 heavy (non-hydrogen) atoms. The molecule has 8 aromatic carbocycles. The zero-order valence-electron chi connectivity index (χ0n) is 32.9. The fourth-order valence-corrected chi connectivity index (χ4v) is 7.06. The second-order valence-corrected chi connectivity index (χ2v) is 14.1. The van der Waals surface area contributed by atoms with E-state index in [0.29, 0.717) is 11.3 Å². The summed E-state index contributed by atoms with van der Waals surface area (Å²) in [7, 11) is 0. The molecule has 4 nitrogen and oxygen atoms in total. The minimum absolute atomic E-state index is 0.546. The summed E-state index contributed by atoms with van der Waals surface area (Å²) < 4.78 is 0. The average molecular weight is 769 g/mol. The van der Waals surface area contributed by atoms with E-state index in [1.165, 1.54) is 0 Å². The molecule has 284 valence electrons. The molecule has 0 radical (unpaired) electrons. The lowest BCUT2D eigenvalue weighted by Crippen LogP contribution is -2.09. The first kappa shape index (κ1) is 38.4. The fraction of sp³-hybridized carbons (Fsp3) is 0. The maximum atomic E-state index is 10.1. The van der Waals surface area contributed by atoms with Crippen molar-refractivity contribution in [2.45, 2.75) is 0 Å². The topological polar surface area (TPSA) is 34.6 Å². The molecule has 0 unspecified atom stereocenters. The van der Waals surface area contributed by atoms with Crippen molar-refractivity contribution >= 4 is 76.3 Å². The highest BCUT2D eigenvalue weighted by molar-refractivity contribution is 5.83. The molecule has 0 amide bonds. The predicted molar refractivity (Wildman–Crippen MR) is 253 cm³/mol. The highest BCUT2D eigenvalue weighted by Crippen LogP contribution is 2.36. The van der Waals surface area contributed by atoms with Crippen molar-refractivity contribution in [3.05, 3.63) is 257 Å². The lowest BCUT2D eigenvalue weighted by molar-refractivity contribution is 1.28. The lowest BCUT2D eigenvalue weighted by Gasteiger charge is -2.25. The van der Waals surface area contributed by atoms with E-state index < -0.39 is 0 Å². The van der Waals surface area contributed by atoms with E-state index in [2.05, 4.69) is 154 Å². The summed E-state index contributed by atoms with van der Waals surface area (Å²) in [4.78, 5) is 8.30. The third-order valence-corrected chi connectivity index (χ3v) is 10.1. The Morgan fingerprint density at radius 2 is 0.700 bits per heavy atom. The highest BCUT2D eigenvalue weighted by Gasteiger charge is 2.13. The SMILES string of the molecule is [C-]#[N+]c1cc(/C=C/c2ccc(N(c3ccccc3)c3ccccc3)cc2)ccc1/C=C/c1ccc(/C=C/c2ccc(N(c3ccccc3)c3ccccc3)cc2)cc1C#N. The predicted octanol–water partition coefficient (Wildman–Crippen LogP) is 15.6. The number of para-hydroxylation sites is 4. The Kier molecular flexibility index (Phi) is 12.0. The molecule has 0 aliphatic heterocycles. The molecule has 0 saturated heterocycles. The third kappa shape index (κ3) is 9.22. The van der Waals surface area contributed by atoms with Gasteiger partial charge >= 0.3 is 0 Å². The van der Waals surface area contributed by atoms with Gasteiger partial charge in [0.05, 0.1) is 18.2 Å². The van der Waals surface area contributed by atoms with Gasteiger partial charge in [0.25, 0.3) is 0 Å². The molecule has 4 heteroatoms. The van der Waals surface area contributed by atoms with Gasteiger partial charge < -0.3 is 9.80 Å². The van der Waals surface area contributed by atoms with Gasteiger partial charge in [0.1, 0.15) is 0 Å². The summed E-state index contributed by atoms with van der Waals surface area (Å²) in [6, 6.07) is 72.4. The zero-order valence-corrected chi connectivity index (χ0v) is 32.9. The second kappa shape index (κ2) is 18.7. The monoisotopic (exact) mass is 768 g/mol. The van der Waals surface area contributed by atoms with Crippen LogP contribution in [0.1, 0.15) is 38.9 Å². The van der Waals surface area contributed by atoms with E-state index in [1.54, 1.807) is 0 Å². The lowest BCUT2D eigenvalue weighted by atomic mass is 10.0. The van der Waals surface area contributed by atoms with Crippen LogP contribution in [0.25, 0.3) is 41.3 Å². The van der Waals surface area contributed by atoms with Gasteiger partial charge in [-0.1, -0.05) is 158 Å².